The Morgan fingerprint density at radius 1 is 1.09 bits per heavy atom. The van der Waals surface area contributed by atoms with Crippen molar-refractivity contribution in [3.8, 4) is 0 Å². The van der Waals surface area contributed by atoms with E-state index in [0.29, 0.717) is 11.3 Å². The molecule has 0 fully saturated rings. The van der Waals surface area contributed by atoms with Crippen molar-refractivity contribution in [2.45, 2.75) is 11.8 Å². The number of anilines is 1. The van der Waals surface area contributed by atoms with Crippen LogP contribution in [0, 0.1) is 0 Å². The van der Waals surface area contributed by atoms with Crippen LogP contribution < -0.4 is 10.1 Å². The Morgan fingerprint density at radius 3 is 2.26 bits per heavy atom. The summed E-state index contributed by atoms with van der Waals surface area (Å²) in [6, 6.07) is 13.1. The molecule has 0 aliphatic rings. The summed E-state index contributed by atoms with van der Waals surface area (Å²) in [5.74, 6) is -0.159. The number of nitrogens with one attached hydrogen (secondary N) is 2. The highest BCUT2D eigenvalue weighted by Crippen LogP contribution is 2.14. The average Bonchev–Trinajstić information content (AvgIpc) is 2.49. The van der Waals surface area contributed by atoms with Crippen LogP contribution in [0.4, 0.5) is 5.69 Å². The normalized spacial score (nSPS) is 11.4. The highest BCUT2D eigenvalue weighted by Gasteiger charge is 2.11. The zero-order valence-electron chi connectivity index (χ0n) is 12.2. The summed E-state index contributed by atoms with van der Waals surface area (Å²) in [5.41, 5.74) is 1.35. The summed E-state index contributed by atoms with van der Waals surface area (Å²) in [6.07, 6.45) is 1.38. The standard InChI is InChI=1S/C15H14BrN3O3S/c1-11(20)18-14-6-2-12(3-7-14)10-17-19-23(21,22)15-8-4-13(16)5-9-15/h2-10,19H,1H3,(H,18,20). The van der Waals surface area contributed by atoms with Crippen LogP contribution in [0.3, 0.4) is 0 Å². The fourth-order valence-electron chi connectivity index (χ4n) is 1.69. The van der Waals surface area contributed by atoms with Crippen molar-refractivity contribution in [1.82, 2.24) is 4.83 Å². The second-order valence-corrected chi connectivity index (χ2v) is 7.19. The molecule has 0 unspecified atom stereocenters. The van der Waals surface area contributed by atoms with Crippen molar-refractivity contribution in [3.63, 3.8) is 0 Å². The minimum absolute atomic E-state index is 0.124. The molecule has 0 aromatic heterocycles. The Kier molecular flexibility index (Phi) is 5.51. The van der Waals surface area contributed by atoms with E-state index in [0.717, 1.165) is 4.47 Å². The van der Waals surface area contributed by atoms with E-state index in [9.17, 15) is 13.2 Å². The number of hydrazone groups is 1. The van der Waals surface area contributed by atoms with Crippen LogP contribution >= 0.6 is 15.9 Å². The summed E-state index contributed by atoms with van der Waals surface area (Å²) in [4.78, 5) is 13.2. The van der Waals surface area contributed by atoms with Gasteiger partial charge in [-0.3, -0.25) is 4.79 Å². The first kappa shape index (κ1) is 17.2. The molecule has 2 rings (SSSR count). The van der Waals surface area contributed by atoms with Crippen LogP contribution in [0.2, 0.25) is 0 Å². The molecule has 0 spiro atoms. The third-order valence-electron chi connectivity index (χ3n) is 2.74. The van der Waals surface area contributed by atoms with Gasteiger partial charge in [-0.2, -0.15) is 13.5 Å². The monoisotopic (exact) mass is 395 g/mol. The van der Waals surface area contributed by atoms with Gasteiger partial charge in [-0.1, -0.05) is 28.1 Å². The number of amides is 1. The summed E-state index contributed by atoms with van der Waals surface area (Å²) in [7, 11) is -3.70. The van der Waals surface area contributed by atoms with E-state index in [-0.39, 0.29) is 10.8 Å². The van der Waals surface area contributed by atoms with Crippen LogP contribution in [0.15, 0.2) is 63.0 Å². The van der Waals surface area contributed by atoms with Gasteiger partial charge in [0.1, 0.15) is 0 Å². The SMILES string of the molecule is CC(=O)Nc1ccc(C=NNS(=O)(=O)c2ccc(Br)cc2)cc1. The number of halogens is 1. The van der Waals surface area contributed by atoms with Crippen LogP contribution in [0.25, 0.3) is 0 Å². The number of rotatable bonds is 5. The maximum Gasteiger partial charge on any atom is 0.276 e. The van der Waals surface area contributed by atoms with Crippen molar-refractivity contribution in [3.05, 3.63) is 58.6 Å². The molecular formula is C15H14BrN3O3S. The smallest absolute Gasteiger partial charge is 0.276 e. The maximum absolute atomic E-state index is 12.0. The van der Waals surface area contributed by atoms with E-state index < -0.39 is 10.0 Å². The Morgan fingerprint density at radius 2 is 1.70 bits per heavy atom. The van der Waals surface area contributed by atoms with Crippen molar-refractivity contribution < 1.29 is 13.2 Å². The number of carbonyl (C=O) groups excluding carboxylic acids is 1. The van der Waals surface area contributed by atoms with Crippen LogP contribution in [-0.2, 0) is 14.8 Å². The summed E-state index contributed by atoms with van der Waals surface area (Å²) >= 11 is 3.24. The fraction of sp³-hybridized carbons (Fsp3) is 0.0667. The van der Waals surface area contributed by atoms with Gasteiger partial charge in [0.05, 0.1) is 11.1 Å². The topological polar surface area (TPSA) is 87.6 Å². The molecule has 0 aliphatic heterocycles. The summed E-state index contributed by atoms with van der Waals surface area (Å²) < 4.78 is 24.8. The van der Waals surface area contributed by atoms with E-state index >= 15 is 0 Å². The lowest BCUT2D eigenvalue weighted by Gasteiger charge is -2.04. The molecule has 0 radical (unpaired) electrons. The molecule has 0 bridgehead atoms. The molecule has 6 nitrogen and oxygen atoms in total. The molecule has 0 saturated carbocycles. The largest absolute Gasteiger partial charge is 0.326 e. The van der Waals surface area contributed by atoms with E-state index in [1.807, 2.05) is 0 Å². The van der Waals surface area contributed by atoms with E-state index in [4.69, 9.17) is 0 Å². The number of sulfonamides is 1. The quantitative estimate of drug-likeness (QED) is 0.602. The number of nitrogens with zero attached hydrogens (tertiary/aromatic N) is 1. The lowest BCUT2D eigenvalue weighted by molar-refractivity contribution is -0.114. The fourth-order valence-corrected chi connectivity index (χ4v) is 2.75. The Labute approximate surface area is 142 Å². The lowest BCUT2D eigenvalue weighted by Crippen LogP contribution is -2.18. The highest BCUT2D eigenvalue weighted by atomic mass is 79.9. The number of hydrogen-bond acceptors (Lipinski definition) is 4. The molecule has 8 heteroatoms. The molecular weight excluding hydrogens is 382 g/mol. The molecule has 0 aliphatic carbocycles. The molecule has 120 valence electrons. The zero-order valence-corrected chi connectivity index (χ0v) is 14.6. The Hall–Kier alpha value is -2.19. The van der Waals surface area contributed by atoms with Crippen LogP contribution in [-0.4, -0.2) is 20.5 Å². The highest BCUT2D eigenvalue weighted by molar-refractivity contribution is 9.10. The second-order valence-electron chi connectivity index (χ2n) is 4.61. The predicted molar refractivity (Wildman–Crippen MR) is 92.8 cm³/mol. The molecule has 0 heterocycles. The first-order valence-corrected chi connectivity index (χ1v) is 8.82. The van der Waals surface area contributed by atoms with Gasteiger partial charge in [-0.05, 0) is 42.0 Å². The van der Waals surface area contributed by atoms with Crippen LogP contribution in [0.5, 0.6) is 0 Å². The van der Waals surface area contributed by atoms with Crippen LogP contribution in [0.1, 0.15) is 12.5 Å². The molecule has 2 aromatic carbocycles. The first-order valence-electron chi connectivity index (χ1n) is 6.55. The number of hydrogen-bond donors (Lipinski definition) is 2. The third-order valence-corrected chi connectivity index (χ3v) is 4.51. The van der Waals surface area contributed by atoms with E-state index in [1.54, 1.807) is 36.4 Å². The molecule has 1 amide bonds. The van der Waals surface area contributed by atoms with Crippen molar-refractivity contribution in [2.24, 2.45) is 5.10 Å². The Balaban J connectivity index is 2.03. The first-order chi connectivity index (χ1) is 10.9. The average molecular weight is 396 g/mol. The van der Waals surface area contributed by atoms with Crippen molar-refractivity contribution in [2.75, 3.05) is 5.32 Å². The minimum Gasteiger partial charge on any atom is -0.326 e. The predicted octanol–water partition coefficient (Wildman–Crippen LogP) is 2.72. The molecule has 23 heavy (non-hydrogen) atoms. The van der Waals surface area contributed by atoms with Gasteiger partial charge in [-0.25, -0.2) is 4.83 Å². The molecule has 2 N–H and O–H groups in total. The number of benzene rings is 2. The van der Waals surface area contributed by atoms with Gasteiger partial charge in [0.2, 0.25) is 5.91 Å². The van der Waals surface area contributed by atoms with Gasteiger partial charge in [0.25, 0.3) is 10.0 Å². The zero-order chi connectivity index (χ0) is 16.9. The van der Waals surface area contributed by atoms with Gasteiger partial charge in [0.15, 0.2) is 0 Å². The van der Waals surface area contributed by atoms with E-state index in [1.165, 1.54) is 25.3 Å². The summed E-state index contributed by atoms with van der Waals surface area (Å²) in [6.45, 7) is 1.42. The van der Waals surface area contributed by atoms with Crippen molar-refractivity contribution >= 4 is 43.8 Å². The minimum atomic E-state index is -3.70. The van der Waals surface area contributed by atoms with Crippen molar-refractivity contribution in [1.29, 1.82) is 0 Å². The third kappa shape index (κ3) is 5.19. The Bertz CT molecular complexity index is 816. The molecule has 2 aromatic rings. The van der Waals surface area contributed by atoms with Gasteiger partial charge < -0.3 is 5.32 Å². The lowest BCUT2D eigenvalue weighted by atomic mass is 10.2. The second kappa shape index (κ2) is 7.38. The van der Waals surface area contributed by atoms with Gasteiger partial charge in [-0.15, -0.1) is 0 Å². The molecule has 0 atom stereocenters. The van der Waals surface area contributed by atoms with Gasteiger partial charge in [0, 0.05) is 17.1 Å². The summed E-state index contributed by atoms with van der Waals surface area (Å²) in [5, 5.41) is 6.38. The maximum atomic E-state index is 12.0. The van der Waals surface area contributed by atoms with E-state index in [2.05, 4.69) is 31.2 Å². The number of carbonyl (C=O) groups is 1. The van der Waals surface area contributed by atoms with Gasteiger partial charge >= 0.3 is 0 Å². The molecule has 0 saturated heterocycles.